The van der Waals surface area contributed by atoms with E-state index in [0.29, 0.717) is 0 Å². The van der Waals surface area contributed by atoms with Gasteiger partial charge in [-0.1, -0.05) is 13.0 Å². The van der Waals surface area contributed by atoms with Gasteiger partial charge < -0.3 is 9.73 Å². The van der Waals surface area contributed by atoms with Gasteiger partial charge >= 0.3 is 0 Å². The lowest BCUT2D eigenvalue weighted by Crippen LogP contribution is -2.11. The van der Waals surface area contributed by atoms with Gasteiger partial charge in [0.25, 0.3) is 0 Å². The Morgan fingerprint density at radius 1 is 1.40 bits per heavy atom. The molecule has 0 aliphatic heterocycles. The standard InChI is InChI=1S/C12H14N2O/c1-2-13-9-12-11(5-7-15-12)10-4-3-6-14-8-10/h3-8,13H,2,9H2,1H3. The van der Waals surface area contributed by atoms with Crippen molar-refractivity contribution in [2.75, 3.05) is 6.54 Å². The summed E-state index contributed by atoms with van der Waals surface area (Å²) < 4.78 is 5.43. The van der Waals surface area contributed by atoms with Crippen LogP contribution in [0.2, 0.25) is 0 Å². The molecule has 2 heterocycles. The van der Waals surface area contributed by atoms with E-state index in [1.165, 1.54) is 0 Å². The lowest BCUT2D eigenvalue weighted by Gasteiger charge is -2.02. The number of nitrogens with one attached hydrogen (secondary N) is 1. The third-order valence-corrected chi connectivity index (χ3v) is 2.25. The summed E-state index contributed by atoms with van der Waals surface area (Å²) in [6, 6.07) is 5.94. The van der Waals surface area contributed by atoms with E-state index in [4.69, 9.17) is 4.42 Å². The van der Waals surface area contributed by atoms with Crippen molar-refractivity contribution in [2.45, 2.75) is 13.5 Å². The molecule has 3 nitrogen and oxygen atoms in total. The molecule has 0 atom stereocenters. The second kappa shape index (κ2) is 4.75. The molecule has 1 N–H and O–H groups in total. The van der Waals surface area contributed by atoms with Crippen molar-refractivity contribution < 1.29 is 4.42 Å². The number of hydrogen-bond acceptors (Lipinski definition) is 3. The van der Waals surface area contributed by atoms with Crippen molar-refractivity contribution in [3.05, 3.63) is 42.6 Å². The highest BCUT2D eigenvalue weighted by molar-refractivity contribution is 5.64. The molecule has 0 bridgehead atoms. The Kier molecular flexibility index (Phi) is 3.15. The molecule has 0 amide bonds. The summed E-state index contributed by atoms with van der Waals surface area (Å²) >= 11 is 0. The molecule has 0 unspecified atom stereocenters. The number of rotatable bonds is 4. The van der Waals surface area contributed by atoms with Crippen LogP contribution < -0.4 is 5.32 Å². The second-order valence-electron chi connectivity index (χ2n) is 3.28. The minimum atomic E-state index is 0.758. The van der Waals surface area contributed by atoms with Gasteiger partial charge in [0.05, 0.1) is 12.8 Å². The molecule has 0 saturated heterocycles. The lowest BCUT2D eigenvalue weighted by molar-refractivity contribution is 0.489. The van der Waals surface area contributed by atoms with Gasteiger partial charge in [0.1, 0.15) is 5.76 Å². The van der Waals surface area contributed by atoms with Crippen LogP contribution >= 0.6 is 0 Å². The van der Waals surface area contributed by atoms with Gasteiger partial charge in [0.15, 0.2) is 0 Å². The number of hydrogen-bond donors (Lipinski definition) is 1. The van der Waals surface area contributed by atoms with Crippen molar-refractivity contribution in [1.82, 2.24) is 10.3 Å². The van der Waals surface area contributed by atoms with E-state index in [9.17, 15) is 0 Å². The molecule has 2 rings (SSSR count). The molecule has 0 aliphatic carbocycles. The highest BCUT2D eigenvalue weighted by Gasteiger charge is 2.07. The zero-order valence-electron chi connectivity index (χ0n) is 8.73. The van der Waals surface area contributed by atoms with Crippen molar-refractivity contribution in [3.8, 4) is 11.1 Å². The first-order valence-electron chi connectivity index (χ1n) is 5.09. The third-order valence-electron chi connectivity index (χ3n) is 2.25. The highest BCUT2D eigenvalue weighted by atomic mass is 16.3. The Bertz CT molecular complexity index is 409. The van der Waals surface area contributed by atoms with Crippen LogP contribution in [-0.4, -0.2) is 11.5 Å². The van der Waals surface area contributed by atoms with Crippen LogP contribution in [0.3, 0.4) is 0 Å². The second-order valence-corrected chi connectivity index (χ2v) is 3.28. The summed E-state index contributed by atoms with van der Waals surface area (Å²) in [6.07, 6.45) is 5.34. The summed E-state index contributed by atoms with van der Waals surface area (Å²) in [6.45, 7) is 3.77. The molecular formula is C12H14N2O. The van der Waals surface area contributed by atoms with Gasteiger partial charge in [-0.3, -0.25) is 4.98 Å². The number of aromatic nitrogens is 1. The summed E-state index contributed by atoms with van der Waals surface area (Å²) in [7, 11) is 0. The fourth-order valence-corrected chi connectivity index (χ4v) is 1.50. The fraction of sp³-hybridized carbons (Fsp3) is 0.250. The average Bonchev–Trinajstić information content (AvgIpc) is 2.75. The van der Waals surface area contributed by atoms with Crippen LogP contribution in [0.25, 0.3) is 11.1 Å². The van der Waals surface area contributed by atoms with E-state index < -0.39 is 0 Å². The van der Waals surface area contributed by atoms with Crippen molar-refractivity contribution >= 4 is 0 Å². The minimum absolute atomic E-state index is 0.758. The van der Waals surface area contributed by atoms with Crippen LogP contribution in [0.5, 0.6) is 0 Å². The zero-order valence-corrected chi connectivity index (χ0v) is 8.73. The van der Waals surface area contributed by atoms with Crippen molar-refractivity contribution in [1.29, 1.82) is 0 Å². The van der Waals surface area contributed by atoms with Gasteiger partial charge in [-0.25, -0.2) is 0 Å². The minimum Gasteiger partial charge on any atom is -0.467 e. The third kappa shape index (κ3) is 2.25. The van der Waals surface area contributed by atoms with E-state index in [0.717, 1.165) is 30.0 Å². The smallest absolute Gasteiger partial charge is 0.125 e. The molecule has 0 saturated carbocycles. The first-order chi connectivity index (χ1) is 7.42. The Morgan fingerprint density at radius 2 is 2.33 bits per heavy atom. The topological polar surface area (TPSA) is 38.1 Å². The van der Waals surface area contributed by atoms with Crippen LogP contribution in [0.15, 0.2) is 41.3 Å². The first kappa shape index (κ1) is 9.93. The van der Waals surface area contributed by atoms with Crippen LogP contribution in [0.1, 0.15) is 12.7 Å². The fourth-order valence-electron chi connectivity index (χ4n) is 1.50. The Labute approximate surface area is 89.1 Å². The molecule has 0 fully saturated rings. The predicted octanol–water partition coefficient (Wildman–Crippen LogP) is 2.45. The van der Waals surface area contributed by atoms with Gasteiger partial charge in [-0.05, 0) is 18.7 Å². The molecule has 0 aliphatic rings. The molecule has 0 radical (unpaired) electrons. The van der Waals surface area contributed by atoms with Crippen LogP contribution in [-0.2, 0) is 6.54 Å². The van der Waals surface area contributed by atoms with Gasteiger partial charge in [-0.2, -0.15) is 0 Å². The molecule has 0 aromatic carbocycles. The summed E-state index contributed by atoms with van der Waals surface area (Å²) in [5.41, 5.74) is 2.21. The van der Waals surface area contributed by atoms with Crippen LogP contribution in [0.4, 0.5) is 0 Å². The lowest BCUT2D eigenvalue weighted by atomic mass is 10.1. The number of furan rings is 1. The van der Waals surface area contributed by atoms with Gasteiger partial charge in [0.2, 0.25) is 0 Å². The van der Waals surface area contributed by atoms with Crippen molar-refractivity contribution in [3.63, 3.8) is 0 Å². The van der Waals surface area contributed by atoms with E-state index in [2.05, 4.69) is 17.2 Å². The summed E-state index contributed by atoms with van der Waals surface area (Å²) in [5, 5.41) is 3.25. The largest absolute Gasteiger partial charge is 0.467 e. The van der Waals surface area contributed by atoms with E-state index in [-0.39, 0.29) is 0 Å². The highest BCUT2D eigenvalue weighted by Crippen LogP contribution is 2.23. The molecule has 78 valence electrons. The summed E-state index contributed by atoms with van der Waals surface area (Å²) in [5.74, 6) is 0.963. The normalized spacial score (nSPS) is 10.5. The molecular weight excluding hydrogens is 188 g/mol. The predicted molar refractivity (Wildman–Crippen MR) is 59.3 cm³/mol. The SMILES string of the molecule is CCNCc1occc1-c1cccnc1. The molecule has 15 heavy (non-hydrogen) atoms. The van der Waals surface area contributed by atoms with Gasteiger partial charge in [-0.15, -0.1) is 0 Å². The summed E-state index contributed by atoms with van der Waals surface area (Å²) in [4.78, 5) is 4.10. The Balaban J connectivity index is 2.25. The monoisotopic (exact) mass is 202 g/mol. The first-order valence-corrected chi connectivity index (χ1v) is 5.09. The van der Waals surface area contributed by atoms with E-state index in [1.54, 1.807) is 12.5 Å². The van der Waals surface area contributed by atoms with Gasteiger partial charge in [0, 0.05) is 23.5 Å². The zero-order chi connectivity index (χ0) is 10.5. The Morgan fingerprint density at radius 3 is 3.07 bits per heavy atom. The molecule has 2 aromatic heterocycles. The number of nitrogens with zero attached hydrogens (tertiary/aromatic N) is 1. The van der Waals surface area contributed by atoms with E-state index in [1.807, 2.05) is 24.4 Å². The molecule has 2 aromatic rings. The average molecular weight is 202 g/mol. The van der Waals surface area contributed by atoms with E-state index >= 15 is 0 Å². The quantitative estimate of drug-likeness (QED) is 0.827. The van der Waals surface area contributed by atoms with Crippen molar-refractivity contribution in [2.24, 2.45) is 0 Å². The van der Waals surface area contributed by atoms with Crippen LogP contribution in [0, 0.1) is 0 Å². The Hall–Kier alpha value is -1.61. The maximum absolute atomic E-state index is 5.43. The molecule has 3 heteroatoms. The molecule has 0 spiro atoms. The maximum atomic E-state index is 5.43. The maximum Gasteiger partial charge on any atom is 0.125 e. The number of pyridine rings is 1.